The maximum atomic E-state index is 13.2. The van der Waals surface area contributed by atoms with Gasteiger partial charge in [0.1, 0.15) is 0 Å². The Morgan fingerprint density at radius 2 is 1.78 bits per heavy atom. The molecule has 2 unspecified atom stereocenters. The van der Waals surface area contributed by atoms with E-state index in [1.807, 2.05) is 0 Å². The van der Waals surface area contributed by atoms with Crippen LogP contribution in [0, 0.1) is 23.5 Å². The van der Waals surface area contributed by atoms with Gasteiger partial charge in [-0.15, -0.1) is 0 Å². The molecule has 0 aliphatic rings. The highest BCUT2D eigenvalue weighted by atomic mass is 19.2. The third-order valence-electron chi connectivity index (χ3n) is 3.48. The number of benzene rings is 1. The lowest BCUT2D eigenvalue weighted by Gasteiger charge is -2.28. The summed E-state index contributed by atoms with van der Waals surface area (Å²) >= 11 is 0. The average molecular weight is 255 g/mol. The molecule has 0 radical (unpaired) electrons. The molecule has 18 heavy (non-hydrogen) atoms. The third kappa shape index (κ3) is 4.05. The fraction of sp³-hybridized carbons (Fsp3) is 0.600. The van der Waals surface area contributed by atoms with Crippen molar-refractivity contribution in [3.8, 4) is 0 Å². The number of hydrogen-bond donors (Lipinski definition) is 1. The maximum Gasteiger partial charge on any atom is 0.159 e. The van der Waals surface area contributed by atoms with E-state index < -0.39 is 11.6 Å². The molecule has 1 nitrogen and oxygen atoms in total. The second-order valence-corrected chi connectivity index (χ2v) is 5.21. The molecule has 2 atom stereocenters. The van der Waals surface area contributed by atoms with Gasteiger partial charge in [-0.3, -0.25) is 0 Å². The summed E-state index contributed by atoms with van der Waals surface area (Å²) in [4.78, 5) is 0. The Balaban J connectivity index is 2.79. The number of hydrogen-bond acceptors (Lipinski definition) is 1. The van der Waals surface area contributed by atoms with E-state index in [9.17, 15) is 8.78 Å². The van der Waals surface area contributed by atoms with E-state index in [0.717, 1.165) is 18.5 Å². The second kappa shape index (κ2) is 6.83. The van der Waals surface area contributed by atoms with E-state index in [-0.39, 0.29) is 0 Å². The fourth-order valence-electron chi connectivity index (χ4n) is 2.40. The Labute approximate surface area is 109 Å². The zero-order chi connectivity index (χ0) is 13.7. The van der Waals surface area contributed by atoms with E-state index in [0.29, 0.717) is 17.9 Å². The smallest absolute Gasteiger partial charge is 0.159 e. The predicted octanol–water partition coefficient (Wildman–Crippen LogP) is 3.78. The van der Waals surface area contributed by atoms with Crippen molar-refractivity contribution >= 4 is 0 Å². The second-order valence-electron chi connectivity index (χ2n) is 5.21. The minimum atomic E-state index is -0.778. The summed E-state index contributed by atoms with van der Waals surface area (Å²) in [6.07, 6.45) is 0.767. The lowest BCUT2D eigenvalue weighted by molar-refractivity contribution is 0.291. The van der Waals surface area contributed by atoms with Gasteiger partial charge in [0, 0.05) is 6.04 Å². The monoisotopic (exact) mass is 255 g/mol. The largest absolute Gasteiger partial charge is 0.314 e. The molecular weight excluding hydrogens is 232 g/mol. The van der Waals surface area contributed by atoms with Gasteiger partial charge < -0.3 is 5.32 Å². The number of halogens is 2. The van der Waals surface area contributed by atoms with Crippen LogP contribution in [0.3, 0.4) is 0 Å². The first-order valence-corrected chi connectivity index (χ1v) is 6.63. The van der Waals surface area contributed by atoms with Crippen molar-refractivity contribution in [3.05, 3.63) is 35.4 Å². The van der Waals surface area contributed by atoms with Crippen LogP contribution >= 0.6 is 0 Å². The molecule has 0 bridgehead atoms. The summed E-state index contributed by atoms with van der Waals surface area (Å²) in [5, 5.41) is 3.41. The average Bonchev–Trinajstić information content (AvgIpc) is 2.30. The molecule has 0 amide bonds. The van der Waals surface area contributed by atoms with Gasteiger partial charge in [-0.2, -0.15) is 0 Å². The molecule has 0 saturated carbocycles. The van der Waals surface area contributed by atoms with Crippen molar-refractivity contribution in [1.82, 2.24) is 5.32 Å². The number of rotatable bonds is 6. The third-order valence-corrected chi connectivity index (χ3v) is 3.48. The minimum absolute atomic E-state index is 0.364. The van der Waals surface area contributed by atoms with E-state index in [2.05, 4.69) is 33.0 Å². The molecule has 0 aromatic heterocycles. The summed E-state index contributed by atoms with van der Waals surface area (Å²) in [5.74, 6) is -0.632. The van der Waals surface area contributed by atoms with Crippen molar-refractivity contribution < 1.29 is 8.78 Å². The Bertz CT molecular complexity index is 377. The SMILES string of the molecule is CCNC(C)C(Cc1ccc(F)c(F)c1)C(C)C. The summed E-state index contributed by atoms with van der Waals surface area (Å²) in [7, 11) is 0. The Kier molecular flexibility index (Phi) is 5.73. The van der Waals surface area contributed by atoms with Crippen LogP contribution in [-0.2, 0) is 6.42 Å². The summed E-state index contributed by atoms with van der Waals surface area (Å²) in [6.45, 7) is 9.47. The zero-order valence-corrected chi connectivity index (χ0v) is 11.6. The Morgan fingerprint density at radius 1 is 1.11 bits per heavy atom. The zero-order valence-electron chi connectivity index (χ0n) is 11.6. The van der Waals surface area contributed by atoms with Gasteiger partial charge in [0.2, 0.25) is 0 Å². The molecule has 1 rings (SSSR count). The molecule has 0 spiro atoms. The molecule has 1 aromatic carbocycles. The molecule has 102 valence electrons. The topological polar surface area (TPSA) is 12.0 Å². The highest BCUT2D eigenvalue weighted by molar-refractivity contribution is 5.18. The first kappa shape index (κ1) is 15.1. The molecule has 1 N–H and O–H groups in total. The van der Waals surface area contributed by atoms with Crippen LogP contribution in [0.1, 0.15) is 33.3 Å². The molecule has 0 saturated heterocycles. The summed E-state index contributed by atoms with van der Waals surface area (Å²) in [5.41, 5.74) is 0.859. The van der Waals surface area contributed by atoms with Crippen LogP contribution < -0.4 is 5.32 Å². The summed E-state index contributed by atoms with van der Waals surface area (Å²) < 4.78 is 26.1. The molecule has 0 aliphatic carbocycles. The minimum Gasteiger partial charge on any atom is -0.314 e. The van der Waals surface area contributed by atoms with Crippen LogP contribution in [0.25, 0.3) is 0 Å². The molecule has 0 aliphatic heterocycles. The van der Waals surface area contributed by atoms with Crippen molar-refractivity contribution in [2.24, 2.45) is 11.8 Å². The molecule has 3 heteroatoms. The lowest BCUT2D eigenvalue weighted by Crippen LogP contribution is -2.37. The van der Waals surface area contributed by atoms with Crippen molar-refractivity contribution in [2.45, 2.75) is 40.2 Å². The van der Waals surface area contributed by atoms with Crippen LogP contribution in [0.4, 0.5) is 8.78 Å². The quantitative estimate of drug-likeness (QED) is 0.815. The molecule has 0 heterocycles. The van der Waals surface area contributed by atoms with E-state index in [1.54, 1.807) is 6.07 Å². The lowest BCUT2D eigenvalue weighted by atomic mass is 9.84. The molecule has 0 fully saturated rings. The van der Waals surface area contributed by atoms with Gasteiger partial charge in [0.25, 0.3) is 0 Å². The van der Waals surface area contributed by atoms with Crippen LogP contribution in [0.5, 0.6) is 0 Å². The Morgan fingerprint density at radius 3 is 2.28 bits per heavy atom. The summed E-state index contributed by atoms with van der Waals surface area (Å²) in [6, 6.07) is 4.55. The molecule has 1 aromatic rings. The van der Waals surface area contributed by atoms with Gasteiger partial charge in [-0.1, -0.05) is 26.8 Å². The number of nitrogens with one attached hydrogen (secondary N) is 1. The van der Waals surface area contributed by atoms with E-state index in [1.165, 1.54) is 12.1 Å². The first-order chi connectivity index (χ1) is 8.45. The van der Waals surface area contributed by atoms with Crippen LogP contribution in [0.2, 0.25) is 0 Å². The van der Waals surface area contributed by atoms with E-state index >= 15 is 0 Å². The predicted molar refractivity (Wildman–Crippen MR) is 71.5 cm³/mol. The van der Waals surface area contributed by atoms with Crippen molar-refractivity contribution in [1.29, 1.82) is 0 Å². The first-order valence-electron chi connectivity index (χ1n) is 6.63. The molecular formula is C15H23F2N. The van der Waals surface area contributed by atoms with Crippen molar-refractivity contribution in [3.63, 3.8) is 0 Å². The van der Waals surface area contributed by atoms with Gasteiger partial charge in [0.15, 0.2) is 11.6 Å². The van der Waals surface area contributed by atoms with Gasteiger partial charge in [0.05, 0.1) is 0 Å². The van der Waals surface area contributed by atoms with E-state index in [4.69, 9.17) is 0 Å². The highest BCUT2D eigenvalue weighted by Crippen LogP contribution is 2.22. The van der Waals surface area contributed by atoms with Crippen LogP contribution in [-0.4, -0.2) is 12.6 Å². The fourth-order valence-corrected chi connectivity index (χ4v) is 2.40. The standard InChI is InChI=1S/C15H23F2N/c1-5-18-11(4)13(10(2)3)8-12-6-7-14(16)15(17)9-12/h6-7,9-11,13,18H,5,8H2,1-4H3. The van der Waals surface area contributed by atoms with Gasteiger partial charge in [-0.25, -0.2) is 8.78 Å². The Hall–Kier alpha value is -0.960. The highest BCUT2D eigenvalue weighted by Gasteiger charge is 2.21. The normalized spacial score (nSPS) is 14.8. The van der Waals surface area contributed by atoms with Crippen molar-refractivity contribution in [2.75, 3.05) is 6.54 Å². The van der Waals surface area contributed by atoms with Gasteiger partial charge >= 0.3 is 0 Å². The van der Waals surface area contributed by atoms with Gasteiger partial charge in [-0.05, 0) is 49.4 Å². The van der Waals surface area contributed by atoms with Crippen LogP contribution in [0.15, 0.2) is 18.2 Å². The maximum absolute atomic E-state index is 13.2.